The third-order valence-electron chi connectivity index (χ3n) is 2.27. The highest BCUT2D eigenvalue weighted by Crippen LogP contribution is 2.19. The van der Waals surface area contributed by atoms with E-state index >= 15 is 0 Å². The SMILES string of the molecule is CN(C)C(=O)CNOC1CCCC1. The highest BCUT2D eigenvalue weighted by atomic mass is 16.7. The van der Waals surface area contributed by atoms with Crippen molar-refractivity contribution in [3.05, 3.63) is 0 Å². The van der Waals surface area contributed by atoms with E-state index in [0.29, 0.717) is 6.10 Å². The first-order chi connectivity index (χ1) is 6.20. The lowest BCUT2D eigenvalue weighted by atomic mass is 10.3. The number of rotatable bonds is 4. The second-order valence-electron chi connectivity index (χ2n) is 3.63. The Labute approximate surface area is 79.2 Å². The maximum absolute atomic E-state index is 11.1. The van der Waals surface area contributed by atoms with Crippen LogP contribution >= 0.6 is 0 Å². The first kappa shape index (κ1) is 10.5. The van der Waals surface area contributed by atoms with Crippen molar-refractivity contribution in [1.82, 2.24) is 10.4 Å². The number of carbonyl (C=O) groups excluding carboxylic acids is 1. The van der Waals surface area contributed by atoms with Crippen molar-refractivity contribution in [2.75, 3.05) is 20.6 Å². The van der Waals surface area contributed by atoms with Gasteiger partial charge in [0.25, 0.3) is 0 Å². The zero-order valence-electron chi connectivity index (χ0n) is 8.38. The molecular formula is C9H18N2O2. The van der Waals surface area contributed by atoms with Crippen molar-refractivity contribution in [2.24, 2.45) is 0 Å². The number of hydrogen-bond acceptors (Lipinski definition) is 3. The largest absolute Gasteiger partial charge is 0.348 e. The van der Waals surface area contributed by atoms with Crippen molar-refractivity contribution >= 4 is 5.91 Å². The molecule has 1 N–H and O–H groups in total. The summed E-state index contributed by atoms with van der Waals surface area (Å²) in [4.78, 5) is 18.0. The van der Waals surface area contributed by atoms with Crippen molar-refractivity contribution < 1.29 is 9.63 Å². The lowest BCUT2D eigenvalue weighted by molar-refractivity contribution is -0.131. The Kier molecular flexibility index (Phi) is 4.18. The Morgan fingerprint density at radius 3 is 2.62 bits per heavy atom. The van der Waals surface area contributed by atoms with Crippen LogP contribution in [-0.4, -0.2) is 37.6 Å². The van der Waals surface area contributed by atoms with E-state index in [9.17, 15) is 4.79 Å². The number of nitrogens with one attached hydrogen (secondary N) is 1. The quantitative estimate of drug-likeness (QED) is 0.651. The fourth-order valence-electron chi connectivity index (χ4n) is 1.39. The topological polar surface area (TPSA) is 41.6 Å². The Hall–Kier alpha value is -0.610. The number of amides is 1. The molecular weight excluding hydrogens is 168 g/mol. The van der Waals surface area contributed by atoms with Gasteiger partial charge >= 0.3 is 0 Å². The van der Waals surface area contributed by atoms with Gasteiger partial charge in [0, 0.05) is 14.1 Å². The molecule has 1 saturated carbocycles. The van der Waals surface area contributed by atoms with E-state index in [4.69, 9.17) is 4.84 Å². The van der Waals surface area contributed by atoms with Gasteiger partial charge in [-0.05, 0) is 12.8 Å². The molecule has 0 aliphatic heterocycles. The van der Waals surface area contributed by atoms with Gasteiger partial charge in [-0.2, -0.15) is 5.48 Å². The fraction of sp³-hybridized carbons (Fsp3) is 0.889. The molecule has 0 atom stereocenters. The van der Waals surface area contributed by atoms with Crippen LogP contribution in [-0.2, 0) is 9.63 Å². The minimum absolute atomic E-state index is 0.0398. The van der Waals surface area contributed by atoms with E-state index in [1.54, 1.807) is 19.0 Å². The first-order valence-corrected chi connectivity index (χ1v) is 4.79. The predicted octanol–water partition coefficient (Wildman–Crippen LogP) is 0.538. The van der Waals surface area contributed by atoms with Gasteiger partial charge < -0.3 is 4.90 Å². The zero-order chi connectivity index (χ0) is 9.68. The van der Waals surface area contributed by atoms with E-state index in [1.807, 2.05) is 0 Å². The molecule has 0 radical (unpaired) electrons. The molecule has 1 aliphatic carbocycles. The third-order valence-corrected chi connectivity index (χ3v) is 2.27. The maximum atomic E-state index is 11.1. The average Bonchev–Trinajstić information content (AvgIpc) is 2.56. The first-order valence-electron chi connectivity index (χ1n) is 4.79. The summed E-state index contributed by atoms with van der Waals surface area (Å²) < 4.78 is 0. The third kappa shape index (κ3) is 3.74. The number of hydrogen-bond donors (Lipinski definition) is 1. The van der Waals surface area contributed by atoms with Gasteiger partial charge in [-0.3, -0.25) is 9.63 Å². The van der Waals surface area contributed by atoms with Gasteiger partial charge in [0.2, 0.25) is 5.91 Å². The number of hydroxylamine groups is 1. The highest BCUT2D eigenvalue weighted by Gasteiger charge is 2.15. The maximum Gasteiger partial charge on any atom is 0.238 e. The van der Waals surface area contributed by atoms with Gasteiger partial charge in [0.15, 0.2) is 0 Å². The van der Waals surface area contributed by atoms with Gasteiger partial charge in [-0.25, -0.2) is 0 Å². The molecule has 0 heterocycles. The number of nitrogens with zero attached hydrogens (tertiary/aromatic N) is 1. The van der Waals surface area contributed by atoms with E-state index < -0.39 is 0 Å². The minimum Gasteiger partial charge on any atom is -0.348 e. The van der Waals surface area contributed by atoms with Crippen LogP contribution in [0.1, 0.15) is 25.7 Å². The lowest BCUT2D eigenvalue weighted by Gasteiger charge is -2.13. The molecule has 13 heavy (non-hydrogen) atoms. The van der Waals surface area contributed by atoms with Crippen molar-refractivity contribution in [2.45, 2.75) is 31.8 Å². The second-order valence-corrected chi connectivity index (χ2v) is 3.63. The Bertz CT molecular complexity index is 165. The van der Waals surface area contributed by atoms with Crippen LogP contribution in [0.5, 0.6) is 0 Å². The summed E-state index contributed by atoms with van der Waals surface area (Å²) in [5, 5.41) is 0. The van der Waals surface area contributed by atoms with Crippen LogP contribution < -0.4 is 5.48 Å². The smallest absolute Gasteiger partial charge is 0.238 e. The summed E-state index contributed by atoms with van der Waals surface area (Å²) in [5.41, 5.74) is 2.72. The average molecular weight is 186 g/mol. The van der Waals surface area contributed by atoms with E-state index in [-0.39, 0.29) is 12.5 Å². The van der Waals surface area contributed by atoms with Crippen molar-refractivity contribution in [1.29, 1.82) is 0 Å². The number of likely N-dealkylation sites (N-methyl/N-ethyl adjacent to an activating group) is 1. The summed E-state index contributed by atoms with van der Waals surface area (Å²) in [6.07, 6.45) is 5.03. The van der Waals surface area contributed by atoms with Gasteiger partial charge in [0.05, 0.1) is 6.10 Å². The number of carbonyl (C=O) groups is 1. The van der Waals surface area contributed by atoms with Crippen LogP contribution in [0.2, 0.25) is 0 Å². The summed E-state index contributed by atoms with van der Waals surface area (Å²) >= 11 is 0. The molecule has 0 unspecified atom stereocenters. The Morgan fingerprint density at radius 1 is 1.46 bits per heavy atom. The van der Waals surface area contributed by atoms with E-state index in [1.165, 1.54) is 12.8 Å². The van der Waals surface area contributed by atoms with Crippen LogP contribution in [0.15, 0.2) is 0 Å². The molecule has 1 rings (SSSR count). The standard InChI is InChI=1S/C9H18N2O2/c1-11(2)9(12)7-10-13-8-5-3-4-6-8/h8,10H,3-7H2,1-2H3. The summed E-state index contributed by atoms with van der Waals surface area (Å²) in [5.74, 6) is 0.0398. The van der Waals surface area contributed by atoms with Crippen LogP contribution in [0.25, 0.3) is 0 Å². The molecule has 4 nitrogen and oxygen atoms in total. The molecule has 1 amide bonds. The minimum atomic E-state index is 0.0398. The summed E-state index contributed by atoms with van der Waals surface area (Å²) in [7, 11) is 3.47. The molecule has 0 aromatic rings. The molecule has 76 valence electrons. The monoisotopic (exact) mass is 186 g/mol. The van der Waals surface area contributed by atoms with Crippen molar-refractivity contribution in [3.8, 4) is 0 Å². The summed E-state index contributed by atoms with van der Waals surface area (Å²) in [6.45, 7) is 0.267. The molecule has 0 spiro atoms. The Morgan fingerprint density at radius 2 is 2.08 bits per heavy atom. The highest BCUT2D eigenvalue weighted by molar-refractivity contribution is 5.77. The molecule has 0 bridgehead atoms. The van der Waals surface area contributed by atoms with E-state index in [2.05, 4.69) is 5.48 Å². The summed E-state index contributed by atoms with van der Waals surface area (Å²) in [6, 6.07) is 0. The molecule has 0 saturated heterocycles. The zero-order valence-corrected chi connectivity index (χ0v) is 8.38. The predicted molar refractivity (Wildman–Crippen MR) is 50.0 cm³/mol. The van der Waals surface area contributed by atoms with E-state index in [0.717, 1.165) is 12.8 Å². The molecule has 1 fully saturated rings. The lowest BCUT2D eigenvalue weighted by Crippen LogP contribution is -2.34. The second kappa shape index (κ2) is 5.19. The normalized spacial score (nSPS) is 17.7. The van der Waals surface area contributed by atoms with Crippen LogP contribution in [0.3, 0.4) is 0 Å². The van der Waals surface area contributed by atoms with Crippen molar-refractivity contribution in [3.63, 3.8) is 0 Å². The Balaban J connectivity index is 2.03. The molecule has 1 aliphatic rings. The molecule has 0 aromatic heterocycles. The van der Waals surface area contributed by atoms with Gasteiger partial charge in [0.1, 0.15) is 6.54 Å². The van der Waals surface area contributed by atoms with Crippen LogP contribution in [0.4, 0.5) is 0 Å². The molecule has 0 aromatic carbocycles. The van der Waals surface area contributed by atoms with Crippen LogP contribution in [0, 0.1) is 0 Å². The van der Waals surface area contributed by atoms with Gasteiger partial charge in [-0.1, -0.05) is 12.8 Å². The molecule has 4 heteroatoms. The fourth-order valence-corrected chi connectivity index (χ4v) is 1.39. The van der Waals surface area contributed by atoms with Gasteiger partial charge in [-0.15, -0.1) is 0 Å².